The van der Waals surface area contributed by atoms with Crippen molar-refractivity contribution in [2.24, 2.45) is 0 Å². The summed E-state index contributed by atoms with van der Waals surface area (Å²) < 4.78 is 16.8. The van der Waals surface area contributed by atoms with Gasteiger partial charge in [-0.05, 0) is 48.0 Å². The second kappa shape index (κ2) is 10.5. The lowest BCUT2D eigenvalue weighted by Crippen LogP contribution is -2.58. The number of hydrogen-bond acceptors (Lipinski definition) is 11. The van der Waals surface area contributed by atoms with Crippen LogP contribution in [0.3, 0.4) is 0 Å². The maximum absolute atomic E-state index is 11.7. The van der Waals surface area contributed by atoms with Gasteiger partial charge in [0, 0.05) is 36.4 Å². The zero-order valence-corrected chi connectivity index (χ0v) is 18.4. The Morgan fingerprint density at radius 3 is 1.00 bits per heavy atom. The highest BCUT2D eigenvalue weighted by Crippen LogP contribution is 2.34. The molecule has 0 N–H and O–H groups in total. The third kappa shape index (κ3) is 5.89. The van der Waals surface area contributed by atoms with E-state index in [0.29, 0.717) is 0 Å². The molecule has 0 spiro atoms. The molecule has 0 fully saturated rings. The smallest absolute Gasteiger partial charge is 0.414 e. The normalized spacial score (nSPS) is 11.7. The van der Waals surface area contributed by atoms with Gasteiger partial charge in [-0.2, -0.15) is 0 Å². The van der Waals surface area contributed by atoms with E-state index in [1.165, 1.54) is 0 Å². The summed E-state index contributed by atoms with van der Waals surface area (Å²) in [6, 6.07) is 12.9. The van der Waals surface area contributed by atoms with Crippen molar-refractivity contribution >= 4 is 28.7 Å². The molecule has 0 saturated heterocycles. The minimum Gasteiger partial charge on any atom is -0.414 e. The molecule has 0 aliphatic heterocycles. The van der Waals surface area contributed by atoms with Gasteiger partial charge in [-0.3, -0.25) is 40.5 Å². The van der Waals surface area contributed by atoms with E-state index in [9.17, 15) is 40.5 Å². The molecule has 0 bridgehead atoms. The molecule has 0 radical (unpaired) electrons. The summed E-state index contributed by atoms with van der Waals surface area (Å²) in [4.78, 5) is 41.5. The van der Waals surface area contributed by atoms with Crippen LogP contribution in [0.2, 0.25) is 0 Å². The van der Waals surface area contributed by atoms with Gasteiger partial charge in [0.25, 0.3) is 17.1 Å². The highest BCUT2D eigenvalue weighted by molar-refractivity contribution is 6.20. The van der Waals surface area contributed by atoms with Crippen LogP contribution in [0.15, 0.2) is 72.8 Å². The average Bonchev–Trinajstić information content (AvgIpc) is 2.84. The fraction of sp³-hybridized carbons (Fsp3) is 0.100. The first-order valence-corrected chi connectivity index (χ1v) is 10.0. The van der Waals surface area contributed by atoms with Crippen molar-refractivity contribution in [2.45, 2.75) is 11.5 Å². The number of nitro benzene ring substituents is 3. The van der Waals surface area contributed by atoms with Crippen LogP contribution >= 0.6 is 11.6 Å². The Kier molecular flexibility index (Phi) is 7.44. The van der Waals surface area contributed by atoms with Crippen LogP contribution in [0.5, 0.6) is 17.2 Å². The maximum Gasteiger partial charge on any atom is 0.506 e. The topological polar surface area (TPSA) is 200 Å². The lowest BCUT2D eigenvalue weighted by atomic mass is 10.3. The van der Waals surface area contributed by atoms with Gasteiger partial charge >= 0.3 is 11.5 Å². The maximum atomic E-state index is 11.7. The van der Waals surface area contributed by atoms with Crippen molar-refractivity contribution in [3.05, 3.63) is 113 Å². The molecule has 3 rings (SSSR count). The average molecular weight is 521 g/mol. The van der Waals surface area contributed by atoms with Gasteiger partial charge in [-0.1, -0.05) is 0 Å². The number of alkyl halides is 1. The molecule has 3 aromatic carbocycles. The van der Waals surface area contributed by atoms with Gasteiger partial charge in [0.1, 0.15) is 17.2 Å². The lowest BCUT2D eigenvalue weighted by Gasteiger charge is -2.32. The summed E-state index contributed by atoms with van der Waals surface area (Å²) in [5.74, 6) is -3.39. The summed E-state index contributed by atoms with van der Waals surface area (Å²) in [6.45, 7) is 0. The Hall–Kier alpha value is -5.05. The highest BCUT2D eigenvalue weighted by atomic mass is 35.5. The largest absolute Gasteiger partial charge is 0.506 e. The molecule has 0 saturated carbocycles. The van der Waals surface area contributed by atoms with Gasteiger partial charge in [-0.25, -0.2) is 0 Å². The first-order chi connectivity index (χ1) is 17.0. The molecule has 0 heterocycles. The fourth-order valence-corrected chi connectivity index (χ4v) is 2.87. The number of ether oxygens (including phenoxy) is 3. The molecular weight excluding hydrogens is 508 g/mol. The van der Waals surface area contributed by atoms with Crippen molar-refractivity contribution in [3.8, 4) is 17.2 Å². The molecule has 36 heavy (non-hydrogen) atoms. The van der Waals surface area contributed by atoms with E-state index in [-0.39, 0.29) is 34.3 Å². The predicted octanol–water partition coefficient (Wildman–Crippen LogP) is 4.44. The van der Waals surface area contributed by atoms with Crippen molar-refractivity contribution in [1.82, 2.24) is 0 Å². The molecule has 0 amide bonds. The van der Waals surface area contributed by atoms with Crippen LogP contribution < -0.4 is 14.2 Å². The summed E-state index contributed by atoms with van der Waals surface area (Å²) in [5.41, 5.74) is -3.22. The molecule has 1 unspecified atom stereocenters. The first-order valence-electron chi connectivity index (χ1n) is 9.59. The zero-order valence-electron chi connectivity index (χ0n) is 17.7. The van der Waals surface area contributed by atoms with E-state index in [1.807, 2.05) is 0 Å². The molecule has 0 aromatic heterocycles. The Balaban J connectivity index is 2.08. The predicted molar refractivity (Wildman–Crippen MR) is 121 cm³/mol. The number of benzene rings is 3. The van der Waals surface area contributed by atoms with Gasteiger partial charge in [0.05, 0.1) is 19.7 Å². The van der Waals surface area contributed by atoms with Crippen molar-refractivity contribution < 1.29 is 33.9 Å². The van der Waals surface area contributed by atoms with Crippen molar-refractivity contribution in [2.75, 3.05) is 0 Å². The van der Waals surface area contributed by atoms with Gasteiger partial charge in [0.15, 0.2) is 0 Å². The summed E-state index contributed by atoms with van der Waals surface area (Å²) >= 11 is 6.03. The number of nitro groups is 4. The molecule has 3 aromatic rings. The second-order valence-electron chi connectivity index (χ2n) is 6.78. The molecule has 1 atom stereocenters. The number of nitrogens with zero attached hydrogens (tertiary/aromatic N) is 4. The Bertz CT molecular complexity index is 1140. The van der Waals surface area contributed by atoms with E-state index in [0.717, 1.165) is 72.8 Å². The van der Waals surface area contributed by atoms with Crippen LogP contribution in [-0.2, 0) is 0 Å². The van der Waals surface area contributed by atoms with Gasteiger partial charge < -0.3 is 14.2 Å². The van der Waals surface area contributed by atoms with Crippen LogP contribution in [0.4, 0.5) is 17.1 Å². The first kappa shape index (κ1) is 25.6. The minimum atomic E-state index is -2.80. The van der Waals surface area contributed by atoms with Crippen LogP contribution in [0, 0.1) is 40.5 Å². The molecule has 16 heteroatoms. The SMILES string of the molecule is O=[N+]([O-])c1ccc(OC(Oc2ccc([N+](=O)[O-])cc2)(Oc2ccc([N+](=O)[O-])cc2)C(Cl)[N+](=O)[O-])cc1. The zero-order chi connectivity index (χ0) is 26.5. The lowest BCUT2D eigenvalue weighted by molar-refractivity contribution is -0.550. The second-order valence-corrected chi connectivity index (χ2v) is 7.20. The Morgan fingerprint density at radius 1 is 0.556 bits per heavy atom. The number of halogens is 1. The Morgan fingerprint density at radius 2 is 0.806 bits per heavy atom. The minimum absolute atomic E-state index is 0.197. The molecule has 15 nitrogen and oxygen atoms in total. The number of hydrogen-bond donors (Lipinski definition) is 0. The summed E-state index contributed by atoms with van der Waals surface area (Å²) in [6.07, 6.45) is 0. The van der Waals surface area contributed by atoms with E-state index in [1.54, 1.807) is 0 Å². The van der Waals surface area contributed by atoms with Crippen LogP contribution in [0.1, 0.15) is 0 Å². The van der Waals surface area contributed by atoms with E-state index < -0.39 is 31.2 Å². The van der Waals surface area contributed by atoms with E-state index in [4.69, 9.17) is 25.8 Å². The highest BCUT2D eigenvalue weighted by Gasteiger charge is 2.56. The van der Waals surface area contributed by atoms with E-state index in [2.05, 4.69) is 0 Å². The molecule has 0 aliphatic carbocycles. The fourth-order valence-electron chi connectivity index (χ4n) is 2.74. The number of rotatable bonds is 11. The summed E-state index contributed by atoms with van der Waals surface area (Å²) in [5, 5.41) is 44.5. The summed E-state index contributed by atoms with van der Waals surface area (Å²) in [7, 11) is 0. The molecular formula is C20H13ClN4O11. The van der Waals surface area contributed by atoms with Crippen LogP contribution in [0.25, 0.3) is 0 Å². The van der Waals surface area contributed by atoms with E-state index >= 15 is 0 Å². The monoisotopic (exact) mass is 520 g/mol. The number of non-ortho nitro benzene ring substituents is 3. The van der Waals surface area contributed by atoms with Crippen molar-refractivity contribution in [1.29, 1.82) is 0 Å². The standard InChI is InChI=1S/C20H13ClN4O11/c21-19(25(32)33)20(34-16-7-1-13(2-8-16)22(26)27,35-17-9-3-14(4-10-17)23(28)29)36-18-11-5-15(6-12-18)24(30)31/h1-12,19H. The molecule has 186 valence electrons. The molecule has 0 aliphatic rings. The quantitative estimate of drug-likeness (QED) is 0.114. The third-order valence-corrected chi connectivity index (χ3v) is 4.83. The van der Waals surface area contributed by atoms with Gasteiger partial charge in [-0.15, -0.1) is 0 Å². The third-order valence-electron chi connectivity index (χ3n) is 4.40. The van der Waals surface area contributed by atoms with Crippen molar-refractivity contribution in [3.63, 3.8) is 0 Å². The van der Waals surface area contributed by atoms with Crippen LogP contribution in [-0.4, -0.2) is 31.2 Å². The Labute approximate surface area is 205 Å². The van der Waals surface area contributed by atoms with Gasteiger partial charge in [0.2, 0.25) is 0 Å².